The highest BCUT2D eigenvalue weighted by Crippen LogP contribution is 2.34. The lowest BCUT2D eigenvalue weighted by Gasteiger charge is -2.21. The standard InChI is InChI=1S/C14H14N2O2/c1-9-14-12(15-17)7-11(8-13(14)18-16-9)10-5-3-2-4-6-10/h2-6,11,17H,7-8H2,1H3/t11-/m1/s1. The minimum Gasteiger partial charge on any atom is -0.411 e. The van der Waals surface area contributed by atoms with Crippen LogP contribution >= 0.6 is 0 Å². The van der Waals surface area contributed by atoms with Crippen LogP contribution in [-0.4, -0.2) is 16.1 Å². The van der Waals surface area contributed by atoms with Crippen LogP contribution in [0.25, 0.3) is 0 Å². The van der Waals surface area contributed by atoms with Crippen LogP contribution in [0.4, 0.5) is 0 Å². The SMILES string of the molecule is Cc1noc2c1C(=NO)C[C@@H](c1ccccc1)C2. The Labute approximate surface area is 105 Å². The van der Waals surface area contributed by atoms with E-state index < -0.39 is 0 Å². The summed E-state index contributed by atoms with van der Waals surface area (Å²) in [5, 5.41) is 16.5. The fraction of sp³-hybridized carbons (Fsp3) is 0.286. The molecule has 1 aromatic heterocycles. The number of nitrogens with zero attached hydrogens (tertiary/aromatic N) is 2. The predicted molar refractivity (Wildman–Crippen MR) is 67.1 cm³/mol. The van der Waals surface area contributed by atoms with Crippen LogP contribution in [0, 0.1) is 6.92 Å². The molecule has 4 nitrogen and oxygen atoms in total. The number of benzene rings is 1. The van der Waals surface area contributed by atoms with Crippen LogP contribution in [0.3, 0.4) is 0 Å². The number of hydrogen-bond donors (Lipinski definition) is 1. The van der Waals surface area contributed by atoms with Gasteiger partial charge in [-0.3, -0.25) is 0 Å². The van der Waals surface area contributed by atoms with E-state index in [9.17, 15) is 0 Å². The summed E-state index contributed by atoms with van der Waals surface area (Å²) in [4.78, 5) is 0. The van der Waals surface area contributed by atoms with Crippen molar-refractivity contribution in [1.82, 2.24) is 5.16 Å². The third-order valence-corrected chi connectivity index (χ3v) is 3.49. The molecule has 4 heteroatoms. The fourth-order valence-electron chi connectivity index (χ4n) is 2.61. The van der Waals surface area contributed by atoms with Crippen LogP contribution in [0.2, 0.25) is 0 Å². The van der Waals surface area contributed by atoms with Crippen LogP contribution < -0.4 is 0 Å². The zero-order chi connectivity index (χ0) is 12.5. The quantitative estimate of drug-likeness (QED) is 0.618. The smallest absolute Gasteiger partial charge is 0.146 e. The summed E-state index contributed by atoms with van der Waals surface area (Å²) in [6.07, 6.45) is 1.52. The van der Waals surface area contributed by atoms with Gasteiger partial charge in [-0.05, 0) is 18.4 Å². The van der Waals surface area contributed by atoms with Crippen molar-refractivity contribution in [3.8, 4) is 0 Å². The Hall–Kier alpha value is -2.10. The summed E-state index contributed by atoms with van der Waals surface area (Å²) in [6.45, 7) is 1.87. The molecule has 1 aromatic carbocycles. The van der Waals surface area contributed by atoms with Crippen molar-refractivity contribution in [3.63, 3.8) is 0 Å². The van der Waals surface area contributed by atoms with E-state index in [0.29, 0.717) is 5.71 Å². The summed E-state index contributed by atoms with van der Waals surface area (Å²) in [6, 6.07) is 10.2. The monoisotopic (exact) mass is 242 g/mol. The van der Waals surface area contributed by atoms with E-state index in [4.69, 9.17) is 9.73 Å². The maximum Gasteiger partial charge on any atom is 0.146 e. The summed E-state index contributed by atoms with van der Waals surface area (Å²) >= 11 is 0. The molecule has 0 radical (unpaired) electrons. The average molecular weight is 242 g/mol. The zero-order valence-electron chi connectivity index (χ0n) is 10.1. The molecule has 0 bridgehead atoms. The van der Waals surface area contributed by atoms with E-state index in [0.717, 1.165) is 29.9 Å². The van der Waals surface area contributed by atoms with E-state index in [1.54, 1.807) is 0 Å². The van der Waals surface area contributed by atoms with Gasteiger partial charge < -0.3 is 9.73 Å². The largest absolute Gasteiger partial charge is 0.411 e. The maximum absolute atomic E-state index is 9.16. The minimum atomic E-state index is 0.289. The molecule has 0 unspecified atom stereocenters. The first-order valence-electron chi connectivity index (χ1n) is 6.01. The van der Waals surface area contributed by atoms with Gasteiger partial charge in [0.1, 0.15) is 5.76 Å². The summed E-state index contributed by atoms with van der Waals surface area (Å²) in [5.74, 6) is 1.11. The normalized spacial score (nSPS) is 20.9. The third-order valence-electron chi connectivity index (χ3n) is 3.49. The molecule has 0 spiro atoms. The van der Waals surface area contributed by atoms with Gasteiger partial charge in [0.05, 0.1) is 17.0 Å². The molecule has 2 aromatic rings. The molecular weight excluding hydrogens is 228 g/mol. The van der Waals surface area contributed by atoms with Gasteiger partial charge in [0, 0.05) is 12.8 Å². The van der Waals surface area contributed by atoms with E-state index in [-0.39, 0.29) is 5.92 Å². The number of aromatic nitrogens is 1. The van der Waals surface area contributed by atoms with Gasteiger partial charge in [-0.15, -0.1) is 0 Å². The Balaban J connectivity index is 2.01. The lowest BCUT2D eigenvalue weighted by Crippen LogP contribution is -2.19. The van der Waals surface area contributed by atoms with Crippen LogP contribution in [0.1, 0.15) is 34.9 Å². The first-order chi connectivity index (χ1) is 8.79. The van der Waals surface area contributed by atoms with Gasteiger partial charge in [-0.25, -0.2) is 0 Å². The lowest BCUT2D eigenvalue weighted by atomic mass is 9.82. The molecular formula is C14H14N2O2. The number of oxime groups is 1. The van der Waals surface area contributed by atoms with Gasteiger partial charge >= 0.3 is 0 Å². The van der Waals surface area contributed by atoms with Crippen molar-refractivity contribution in [3.05, 3.63) is 52.9 Å². The van der Waals surface area contributed by atoms with Gasteiger partial charge in [0.15, 0.2) is 0 Å². The fourth-order valence-corrected chi connectivity index (χ4v) is 2.61. The molecule has 1 atom stereocenters. The number of rotatable bonds is 1. The molecule has 0 aliphatic heterocycles. The first kappa shape index (κ1) is 11.0. The molecule has 1 heterocycles. The Kier molecular flexibility index (Phi) is 2.63. The van der Waals surface area contributed by atoms with Gasteiger partial charge in [-0.1, -0.05) is 40.6 Å². The molecule has 1 N–H and O–H groups in total. The maximum atomic E-state index is 9.16. The third kappa shape index (κ3) is 1.70. The number of aryl methyl sites for hydroxylation is 1. The van der Waals surface area contributed by atoms with Gasteiger partial charge in [0.2, 0.25) is 0 Å². The van der Waals surface area contributed by atoms with E-state index >= 15 is 0 Å². The molecule has 1 aliphatic carbocycles. The summed E-state index contributed by atoms with van der Waals surface area (Å²) in [7, 11) is 0. The Morgan fingerprint density at radius 3 is 2.78 bits per heavy atom. The van der Waals surface area contributed by atoms with E-state index in [1.165, 1.54) is 5.56 Å². The van der Waals surface area contributed by atoms with Crippen molar-refractivity contribution in [2.45, 2.75) is 25.7 Å². The van der Waals surface area contributed by atoms with Crippen molar-refractivity contribution < 1.29 is 9.73 Å². The average Bonchev–Trinajstić information content (AvgIpc) is 2.81. The molecule has 0 saturated carbocycles. The second kappa shape index (κ2) is 4.29. The van der Waals surface area contributed by atoms with Crippen molar-refractivity contribution >= 4 is 5.71 Å². The Bertz CT molecular complexity index is 587. The molecule has 0 fully saturated rings. The number of fused-ring (bicyclic) bond motifs is 1. The highest BCUT2D eigenvalue weighted by atomic mass is 16.5. The van der Waals surface area contributed by atoms with E-state index in [2.05, 4.69) is 22.4 Å². The van der Waals surface area contributed by atoms with Crippen LogP contribution in [-0.2, 0) is 6.42 Å². The molecule has 0 amide bonds. The van der Waals surface area contributed by atoms with Gasteiger partial charge in [0.25, 0.3) is 0 Å². The molecule has 18 heavy (non-hydrogen) atoms. The second-order valence-electron chi connectivity index (χ2n) is 4.63. The predicted octanol–water partition coefficient (Wildman–Crippen LogP) is 2.89. The first-order valence-corrected chi connectivity index (χ1v) is 6.01. The van der Waals surface area contributed by atoms with Crippen molar-refractivity contribution in [1.29, 1.82) is 0 Å². The Morgan fingerprint density at radius 1 is 1.28 bits per heavy atom. The molecule has 3 rings (SSSR count). The van der Waals surface area contributed by atoms with Crippen LogP contribution in [0.5, 0.6) is 0 Å². The highest BCUT2D eigenvalue weighted by molar-refractivity contribution is 6.03. The van der Waals surface area contributed by atoms with Crippen LogP contribution in [0.15, 0.2) is 40.0 Å². The highest BCUT2D eigenvalue weighted by Gasteiger charge is 2.30. The van der Waals surface area contributed by atoms with Gasteiger partial charge in [-0.2, -0.15) is 0 Å². The molecule has 92 valence electrons. The summed E-state index contributed by atoms with van der Waals surface area (Å²) in [5.41, 5.74) is 3.58. The zero-order valence-corrected chi connectivity index (χ0v) is 10.1. The van der Waals surface area contributed by atoms with E-state index in [1.807, 2.05) is 25.1 Å². The summed E-state index contributed by atoms with van der Waals surface area (Å²) < 4.78 is 5.33. The Morgan fingerprint density at radius 2 is 2.06 bits per heavy atom. The topological polar surface area (TPSA) is 58.6 Å². The second-order valence-corrected chi connectivity index (χ2v) is 4.63. The molecule has 1 aliphatic rings. The number of hydrogen-bond acceptors (Lipinski definition) is 4. The minimum absolute atomic E-state index is 0.289. The molecule has 0 saturated heterocycles. The van der Waals surface area contributed by atoms with Crippen molar-refractivity contribution in [2.24, 2.45) is 5.16 Å². The van der Waals surface area contributed by atoms with Crippen molar-refractivity contribution in [2.75, 3.05) is 0 Å². The lowest BCUT2D eigenvalue weighted by molar-refractivity contribution is 0.315.